The van der Waals surface area contributed by atoms with E-state index < -0.39 is 0 Å². The molecular formula is C12H20N4O2. The van der Waals surface area contributed by atoms with Crippen LogP contribution in [0.4, 0.5) is 5.69 Å². The van der Waals surface area contributed by atoms with E-state index in [0.717, 1.165) is 30.9 Å². The third kappa shape index (κ3) is 2.88. The largest absolute Gasteiger partial charge is 0.363 e. The summed E-state index contributed by atoms with van der Waals surface area (Å²) < 4.78 is 7.28. The second-order valence-corrected chi connectivity index (χ2v) is 4.91. The number of aromatic nitrogens is 2. The van der Waals surface area contributed by atoms with Gasteiger partial charge in [-0.3, -0.25) is 9.48 Å². The average Bonchev–Trinajstić information content (AvgIpc) is 2.64. The Kier molecular flexibility index (Phi) is 3.68. The summed E-state index contributed by atoms with van der Waals surface area (Å²) in [6.45, 7) is 5.69. The predicted molar refractivity (Wildman–Crippen MR) is 68.4 cm³/mol. The fourth-order valence-electron chi connectivity index (χ4n) is 1.91. The zero-order valence-electron chi connectivity index (χ0n) is 11.1. The Morgan fingerprint density at radius 2 is 2.39 bits per heavy atom. The third-order valence-electron chi connectivity index (χ3n) is 3.06. The summed E-state index contributed by atoms with van der Waals surface area (Å²) in [6.07, 6.45) is 2.60. The van der Waals surface area contributed by atoms with E-state index in [-0.39, 0.29) is 18.1 Å². The maximum absolute atomic E-state index is 11.8. The highest BCUT2D eigenvalue weighted by atomic mass is 16.5. The first-order valence-corrected chi connectivity index (χ1v) is 6.19. The van der Waals surface area contributed by atoms with E-state index in [9.17, 15) is 4.79 Å². The molecule has 1 amide bonds. The van der Waals surface area contributed by atoms with E-state index in [1.54, 1.807) is 4.68 Å². The van der Waals surface area contributed by atoms with E-state index in [1.165, 1.54) is 0 Å². The molecule has 2 rings (SSSR count). The van der Waals surface area contributed by atoms with Gasteiger partial charge in [0.15, 0.2) is 0 Å². The first-order chi connectivity index (χ1) is 8.52. The highest BCUT2D eigenvalue weighted by molar-refractivity contribution is 5.92. The lowest BCUT2D eigenvalue weighted by atomic mass is 10.0. The summed E-state index contributed by atoms with van der Waals surface area (Å²) >= 11 is 0. The van der Waals surface area contributed by atoms with E-state index in [1.807, 2.05) is 27.1 Å². The number of hydrogen-bond donors (Lipinski definition) is 2. The first-order valence-electron chi connectivity index (χ1n) is 6.19. The van der Waals surface area contributed by atoms with Gasteiger partial charge in [-0.15, -0.1) is 0 Å². The molecule has 18 heavy (non-hydrogen) atoms. The van der Waals surface area contributed by atoms with Gasteiger partial charge in [-0.05, 0) is 13.3 Å². The van der Waals surface area contributed by atoms with Crippen molar-refractivity contribution in [3.8, 4) is 0 Å². The molecule has 1 aliphatic heterocycles. The minimum absolute atomic E-state index is 0.0796. The van der Waals surface area contributed by atoms with Gasteiger partial charge >= 0.3 is 0 Å². The molecule has 0 spiro atoms. The lowest BCUT2D eigenvalue weighted by Crippen LogP contribution is -2.59. The zero-order chi connectivity index (χ0) is 13.2. The Balaban J connectivity index is 1.86. The van der Waals surface area contributed by atoms with Crippen LogP contribution in [0.5, 0.6) is 0 Å². The molecule has 0 radical (unpaired) electrons. The number of carbonyl (C=O) groups excluding carboxylic acids is 1. The van der Waals surface area contributed by atoms with Gasteiger partial charge in [0.2, 0.25) is 5.91 Å². The average molecular weight is 252 g/mol. The molecule has 1 aromatic heterocycles. The van der Waals surface area contributed by atoms with Crippen molar-refractivity contribution in [1.82, 2.24) is 15.1 Å². The van der Waals surface area contributed by atoms with Crippen LogP contribution in [0.15, 0.2) is 6.20 Å². The molecule has 0 saturated carbocycles. The third-order valence-corrected chi connectivity index (χ3v) is 3.06. The number of nitrogens with one attached hydrogen (secondary N) is 2. The Bertz CT molecular complexity index is 437. The molecule has 2 heterocycles. The molecule has 1 aromatic rings. The molecule has 0 atom stereocenters. The van der Waals surface area contributed by atoms with Gasteiger partial charge < -0.3 is 15.4 Å². The van der Waals surface area contributed by atoms with E-state index in [0.29, 0.717) is 0 Å². The van der Waals surface area contributed by atoms with Gasteiger partial charge in [0.05, 0.1) is 17.0 Å². The molecule has 6 nitrogen and oxygen atoms in total. The quantitative estimate of drug-likeness (QED) is 0.791. The highest BCUT2D eigenvalue weighted by Crippen LogP contribution is 2.16. The Morgan fingerprint density at radius 1 is 1.67 bits per heavy atom. The predicted octanol–water partition coefficient (Wildman–Crippen LogP) is 0.300. The molecule has 1 aliphatic rings. The van der Waals surface area contributed by atoms with Crippen LogP contribution in [0.25, 0.3) is 0 Å². The normalized spacial score (nSPS) is 17.3. The topological polar surface area (TPSA) is 68.2 Å². The fourth-order valence-corrected chi connectivity index (χ4v) is 1.91. The monoisotopic (exact) mass is 252 g/mol. The number of anilines is 1. The maximum Gasteiger partial charge on any atom is 0.250 e. The molecule has 100 valence electrons. The molecular weight excluding hydrogens is 232 g/mol. The minimum Gasteiger partial charge on any atom is -0.363 e. The molecule has 2 N–H and O–H groups in total. The van der Waals surface area contributed by atoms with Crippen molar-refractivity contribution in [1.29, 1.82) is 0 Å². The van der Waals surface area contributed by atoms with Crippen LogP contribution in [0.3, 0.4) is 0 Å². The van der Waals surface area contributed by atoms with Crippen molar-refractivity contribution >= 4 is 11.6 Å². The molecule has 0 aliphatic carbocycles. The van der Waals surface area contributed by atoms with Crippen LogP contribution in [-0.4, -0.2) is 41.0 Å². The van der Waals surface area contributed by atoms with Gasteiger partial charge in [-0.1, -0.05) is 6.92 Å². The van der Waals surface area contributed by atoms with Gasteiger partial charge in [0, 0.05) is 26.3 Å². The van der Waals surface area contributed by atoms with E-state index in [2.05, 4.69) is 15.7 Å². The number of carbonyl (C=O) groups is 1. The lowest BCUT2D eigenvalue weighted by Gasteiger charge is -2.38. The number of ether oxygens (including phenoxy) is 1. The highest BCUT2D eigenvalue weighted by Gasteiger charge is 2.33. The Labute approximate surface area is 107 Å². The summed E-state index contributed by atoms with van der Waals surface area (Å²) in [5, 5.41) is 10.2. The summed E-state index contributed by atoms with van der Waals surface area (Å²) in [5.74, 6) is -0.133. The van der Waals surface area contributed by atoms with Crippen LogP contribution in [0.1, 0.15) is 19.5 Å². The van der Waals surface area contributed by atoms with Crippen LogP contribution in [0.2, 0.25) is 0 Å². The standard InChI is InChI=1S/C12H20N4O2/c1-4-9-10(5-16(3)15-9)14-11(17)6-18-12(2)7-13-8-12/h5,13H,4,6-8H2,1-3H3,(H,14,17). The number of hydrogen-bond acceptors (Lipinski definition) is 4. The fraction of sp³-hybridized carbons (Fsp3) is 0.667. The van der Waals surface area contributed by atoms with Crippen LogP contribution < -0.4 is 10.6 Å². The smallest absolute Gasteiger partial charge is 0.250 e. The second kappa shape index (κ2) is 5.07. The lowest BCUT2D eigenvalue weighted by molar-refractivity contribution is -0.130. The van der Waals surface area contributed by atoms with Crippen LogP contribution >= 0.6 is 0 Å². The molecule has 1 fully saturated rings. The molecule has 0 unspecified atom stereocenters. The van der Waals surface area contributed by atoms with Crippen molar-refractivity contribution in [3.63, 3.8) is 0 Å². The first kappa shape index (κ1) is 13.0. The maximum atomic E-state index is 11.8. The minimum atomic E-state index is -0.195. The Morgan fingerprint density at radius 3 is 2.94 bits per heavy atom. The van der Waals surface area contributed by atoms with E-state index >= 15 is 0 Å². The summed E-state index contributed by atoms with van der Waals surface area (Å²) in [5.41, 5.74) is 1.47. The summed E-state index contributed by atoms with van der Waals surface area (Å²) in [4.78, 5) is 11.8. The van der Waals surface area contributed by atoms with Crippen molar-refractivity contribution in [3.05, 3.63) is 11.9 Å². The van der Waals surface area contributed by atoms with Crippen molar-refractivity contribution in [2.24, 2.45) is 7.05 Å². The van der Waals surface area contributed by atoms with Gasteiger partial charge in [-0.25, -0.2) is 0 Å². The zero-order valence-corrected chi connectivity index (χ0v) is 11.1. The van der Waals surface area contributed by atoms with Crippen LogP contribution in [0, 0.1) is 0 Å². The van der Waals surface area contributed by atoms with Crippen molar-refractivity contribution in [2.75, 3.05) is 25.0 Å². The summed E-state index contributed by atoms with van der Waals surface area (Å²) in [7, 11) is 1.84. The van der Waals surface area contributed by atoms with Gasteiger partial charge in [-0.2, -0.15) is 5.10 Å². The number of amides is 1. The van der Waals surface area contributed by atoms with Gasteiger partial charge in [0.25, 0.3) is 0 Å². The van der Waals surface area contributed by atoms with Crippen molar-refractivity contribution in [2.45, 2.75) is 25.9 Å². The van der Waals surface area contributed by atoms with Crippen molar-refractivity contribution < 1.29 is 9.53 Å². The number of rotatable bonds is 5. The molecule has 1 saturated heterocycles. The number of nitrogens with zero attached hydrogens (tertiary/aromatic N) is 2. The second-order valence-electron chi connectivity index (χ2n) is 4.91. The molecule has 0 aromatic carbocycles. The molecule has 0 bridgehead atoms. The van der Waals surface area contributed by atoms with Gasteiger partial charge in [0.1, 0.15) is 6.61 Å². The Hall–Kier alpha value is -1.40. The SMILES string of the molecule is CCc1nn(C)cc1NC(=O)COC1(C)CNC1. The number of aryl methyl sites for hydroxylation is 2. The molecule has 6 heteroatoms. The van der Waals surface area contributed by atoms with E-state index in [4.69, 9.17) is 4.74 Å². The summed E-state index contributed by atoms with van der Waals surface area (Å²) in [6, 6.07) is 0. The van der Waals surface area contributed by atoms with Crippen LogP contribution in [-0.2, 0) is 23.0 Å².